The Hall–Kier alpha value is -4.20. The minimum absolute atomic E-state index is 0.0530. The molecule has 3 amide bonds. The summed E-state index contributed by atoms with van der Waals surface area (Å²) in [7, 11) is 0. The van der Waals surface area contributed by atoms with Gasteiger partial charge in [0.2, 0.25) is 17.7 Å². The number of phenols is 1. The zero-order valence-corrected chi connectivity index (χ0v) is 20.3. The second-order valence-electron chi connectivity index (χ2n) is 8.69. The summed E-state index contributed by atoms with van der Waals surface area (Å²) >= 11 is 0. The summed E-state index contributed by atoms with van der Waals surface area (Å²) in [6, 6.07) is -0.205. The first-order valence-corrected chi connectivity index (χ1v) is 11.3. The van der Waals surface area contributed by atoms with Gasteiger partial charge in [-0.2, -0.15) is 0 Å². The Balaban J connectivity index is 3.06. The molecule has 4 unspecified atom stereocenters. The smallest absolute Gasteiger partial charge is 0.326 e. The maximum atomic E-state index is 12.9. The number of aromatic hydroxyl groups is 1. The summed E-state index contributed by atoms with van der Waals surface area (Å²) in [4.78, 5) is 72.0. The summed E-state index contributed by atoms with van der Waals surface area (Å²) in [6.45, 7) is 3.31. The predicted molar refractivity (Wildman–Crippen MR) is 127 cm³/mol. The van der Waals surface area contributed by atoms with Gasteiger partial charge in [-0.15, -0.1) is 0 Å². The topological polar surface area (TPSA) is 245 Å². The zero-order valence-electron chi connectivity index (χ0n) is 20.3. The lowest BCUT2D eigenvalue weighted by Crippen LogP contribution is -2.58. The Kier molecular flexibility index (Phi) is 12.0. The number of aliphatic carboxylic acids is 3. The van der Waals surface area contributed by atoms with Gasteiger partial charge in [0.05, 0.1) is 12.5 Å². The molecular weight excluding hydrogens is 492 g/mol. The Bertz CT molecular complexity index is 996. The summed E-state index contributed by atoms with van der Waals surface area (Å²) in [5, 5.41) is 43.7. The van der Waals surface area contributed by atoms with Gasteiger partial charge in [-0.1, -0.05) is 26.0 Å². The monoisotopic (exact) mass is 524 g/mol. The third-order valence-electron chi connectivity index (χ3n) is 5.30. The van der Waals surface area contributed by atoms with E-state index in [2.05, 4.69) is 16.0 Å². The molecule has 4 atom stereocenters. The van der Waals surface area contributed by atoms with Gasteiger partial charge in [0.25, 0.3) is 0 Å². The van der Waals surface area contributed by atoms with Crippen LogP contribution in [0.25, 0.3) is 0 Å². The van der Waals surface area contributed by atoms with Crippen LogP contribution in [0.4, 0.5) is 0 Å². The fraction of sp³-hybridized carbons (Fsp3) is 0.478. The standard InChI is InChI=1S/C23H32N4O10/c1-11(2)19(24)22(35)25-14(7-8-17(29)30)20(33)26-15(10-18(31)32)21(34)27-16(23(36)37)9-12-3-5-13(28)6-4-12/h3-6,11,14-16,19,28H,7-10,24H2,1-2H3,(H,25,35)(H,26,33)(H,27,34)(H,29,30)(H,31,32)(H,36,37). The van der Waals surface area contributed by atoms with E-state index in [4.69, 9.17) is 10.8 Å². The molecule has 1 aromatic rings. The molecule has 1 aromatic carbocycles. The highest BCUT2D eigenvalue weighted by molar-refractivity contribution is 5.95. The van der Waals surface area contributed by atoms with Crippen molar-refractivity contribution in [2.45, 2.75) is 63.7 Å². The number of benzene rings is 1. The Morgan fingerprint density at radius 1 is 0.784 bits per heavy atom. The van der Waals surface area contributed by atoms with Gasteiger partial charge >= 0.3 is 17.9 Å². The number of carboxylic acids is 3. The van der Waals surface area contributed by atoms with Crippen LogP contribution in [-0.2, 0) is 35.2 Å². The molecule has 0 aliphatic rings. The first-order chi connectivity index (χ1) is 17.2. The summed E-state index contributed by atoms with van der Waals surface area (Å²) < 4.78 is 0. The molecule has 0 spiro atoms. The molecule has 0 aromatic heterocycles. The maximum absolute atomic E-state index is 12.9. The van der Waals surface area contributed by atoms with Crippen molar-refractivity contribution in [2.75, 3.05) is 0 Å². The number of phenolic OH excluding ortho intramolecular Hbond substituents is 1. The second-order valence-corrected chi connectivity index (χ2v) is 8.69. The number of hydrogen-bond donors (Lipinski definition) is 8. The quantitative estimate of drug-likeness (QED) is 0.135. The van der Waals surface area contributed by atoms with Gasteiger partial charge in [0, 0.05) is 12.8 Å². The predicted octanol–water partition coefficient (Wildman–Crippen LogP) is -1.20. The third kappa shape index (κ3) is 10.9. The lowest BCUT2D eigenvalue weighted by molar-refractivity contribution is -0.143. The average molecular weight is 525 g/mol. The molecule has 0 fully saturated rings. The van der Waals surface area contributed by atoms with E-state index in [1.165, 1.54) is 24.3 Å². The molecule has 0 aliphatic heterocycles. The number of carbonyl (C=O) groups is 6. The molecule has 204 valence electrons. The molecule has 0 saturated carbocycles. The first-order valence-electron chi connectivity index (χ1n) is 11.3. The highest BCUT2D eigenvalue weighted by atomic mass is 16.4. The highest BCUT2D eigenvalue weighted by Crippen LogP contribution is 2.12. The lowest BCUT2D eigenvalue weighted by atomic mass is 10.0. The second kappa shape index (κ2) is 14.4. The van der Waals surface area contributed by atoms with E-state index in [-0.39, 0.29) is 24.5 Å². The fourth-order valence-corrected chi connectivity index (χ4v) is 3.10. The summed E-state index contributed by atoms with van der Waals surface area (Å²) in [5.74, 6) is -7.47. The van der Waals surface area contributed by atoms with Crippen molar-refractivity contribution >= 4 is 35.6 Å². The number of rotatable bonds is 15. The van der Waals surface area contributed by atoms with E-state index in [1.54, 1.807) is 13.8 Å². The van der Waals surface area contributed by atoms with Crippen molar-refractivity contribution in [2.24, 2.45) is 11.7 Å². The minimum atomic E-state index is -1.74. The van der Waals surface area contributed by atoms with Crippen LogP contribution in [0, 0.1) is 5.92 Å². The molecular formula is C23H32N4O10. The largest absolute Gasteiger partial charge is 0.508 e. The van der Waals surface area contributed by atoms with Crippen molar-refractivity contribution in [3.05, 3.63) is 29.8 Å². The van der Waals surface area contributed by atoms with Gasteiger partial charge in [-0.05, 0) is 30.0 Å². The van der Waals surface area contributed by atoms with Crippen LogP contribution in [0.5, 0.6) is 5.75 Å². The third-order valence-corrected chi connectivity index (χ3v) is 5.30. The molecule has 0 aliphatic carbocycles. The van der Waals surface area contributed by atoms with Crippen LogP contribution in [0.3, 0.4) is 0 Å². The van der Waals surface area contributed by atoms with Gasteiger partial charge in [-0.25, -0.2) is 4.79 Å². The maximum Gasteiger partial charge on any atom is 0.326 e. The molecule has 0 radical (unpaired) electrons. The van der Waals surface area contributed by atoms with E-state index in [0.29, 0.717) is 5.56 Å². The number of nitrogens with two attached hydrogens (primary N) is 1. The van der Waals surface area contributed by atoms with Crippen molar-refractivity contribution in [3.8, 4) is 5.75 Å². The van der Waals surface area contributed by atoms with E-state index >= 15 is 0 Å². The summed E-state index contributed by atoms with van der Waals surface area (Å²) in [5.41, 5.74) is 6.21. The van der Waals surface area contributed by atoms with Crippen LogP contribution in [0.15, 0.2) is 24.3 Å². The van der Waals surface area contributed by atoms with E-state index < -0.39 is 72.6 Å². The average Bonchev–Trinajstić information content (AvgIpc) is 2.80. The van der Waals surface area contributed by atoms with E-state index in [1.807, 2.05) is 0 Å². The lowest BCUT2D eigenvalue weighted by Gasteiger charge is -2.25. The number of hydrogen-bond acceptors (Lipinski definition) is 8. The molecule has 0 heterocycles. The zero-order chi connectivity index (χ0) is 28.3. The Morgan fingerprint density at radius 2 is 1.30 bits per heavy atom. The van der Waals surface area contributed by atoms with Crippen LogP contribution < -0.4 is 21.7 Å². The van der Waals surface area contributed by atoms with E-state index in [9.17, 15) is 44.1 Å². The van der Waals surface area contributed by atoms with Crippen molar-refractivity contribution in [1.82, 2.24) is 16.0 Å². The summed E-state index contributed by atoms with van der Waals surface area (Å²) in [6.07, 6.45) is -2.04. The number of nitrogens with one attached hydrogen (secondary N) is 3. The number of carbonyl (C=O) groups excluding carboxylic acids is 3. The molecule has 0 bridgehead atoms. The normalized spacial score (nSPS) is 14.1. The molecule has 14 heteroatoms. The van der Waals surface area contributed by atoms with Gasteiger partial charge in [0.1, 0.15) is 23.9 Å². The number of amides is 3. The SMILES string of the molecule is CC(C)C(N)C(=O)NC(CCC(=O)O)C(=O)NC(CC(=O)O)C(=O)NC(Cc1ccc(O)cc1)C(=O)O. The Labute approximate surface area is 212 Å². The van der Waals surface area contributed by atoms with Crippen LogP contribution in [-0.4, -0.2) is 80.2 Å². The Morgan fingerprint density at radius 3 is 1.78 bits per heavy atom. The van der Waals surface area contributed by atoms with Crippen LogP contribution in [0.2, 0.25) is 0 Å². The van der Waals surface area contributed by atoms with Gasteiger partial charge in [-0.3, -0.25) is 24.0 Å². The molecule has 1 rings (SSSR count). The van der Waals surface area contributed by atoms with Crippen molar-refractivity contribution in [3.63, 3.8) is 0 Å². The molecule has 9 N–H and O–H groups in total. The van der Waals surface area contributed by atoms with Gasteiger partial charge < -0.3 is 42.1 Å². The fourth-order valence-electron chi connectivity index (χ4n) is 3.10. The highest BCUT2D eigenvalue weighted by Gasteiger charge is 2.32. The van der Waals surface area contributed by atoms with Gasteiger partial charge in [0.15, 0.2) is 0 Å². The van der Waals surface area contributed by atoms with Crippen LogP contribution >= 0.6 is 0 Å². The molecule has 14 nitrogen and oxygen atoms in total. The van der Waals surface area contributed by atoms with Crippen molar-refractivity contribution in [1.29, 1.82) is 0 Å². The molecule has 0 saturated heterocycles. The van der Waals surface area contributed by atoms with Crippen molar-refractivity contribution < 1.29 is 49.2 Å². The van der Waals surface area contributed by atoms with Crippen LogP contribution in [0.1, 0.15) is 38.7 Å². The minimum Gasteiger partial charge on any atom is -0.508 e. The first kappa shape index (κ1) is 30.8. The van der Waals surface area contributed by atoms with E-state index in [0.717, 1.165) is 0 Å². The molecule has 37 heavy (non-hydrogen) atoms. The number of carboxylic acid groups (broad SMARTS) is 3.